The average molecular weight is 346 g/mol. The number of rotatable bonds is 3. The number of carbonyl (C=O) groups excluding carboxylic acids is 1. The van der Waals surface area contributed by atoms with Crippen LogP contribution in [-0.4, -0.2) is 5.91 Å². The van der Waals surface area contributed by atoms with Crippen molar-refractivity contribution in [1.82, 2.24) is 0 Å². The van der Waals surface area contributed by atoms with Crippen LogP contribution in [0.2, 0.25) is 0 Å². The Kier molecular flexibility index (Phi) is 4.34. The largest absolute Gasteiger partial charge is 0.320 e. The highest BCUT2D eigenvalue weighted by Crippen LogP contribution is 2.21. The number of benzene rings is 1. The van der Waals surface area contributed by atoms with Crippen LogP contribution < -0.4 is 9.88 Å². The molecule has 1 N–H and O–H groups in total. The van der Waals surface area contributed by atoms with E-state index in [-0.39, 0.29) is 5.91 Å². The Bertz CT molecular complexity index is 670. The molecule has 0 aliphatic heterocycles. The summed E-state index contributed by atoms with van der Waals surface area (Å²) in [6.07, 6.45) is 8.94. The highest BCUT2D eigenvalue weighted by molar-refractivity contribution is 9.10. The molecule has 3 nitrogen and oxygen atoms in total. The topological polar surface area (TPSA) is 33.0 Å². The first kappa shape index (κ1) is 14.3. The van der Waals surface area contributed by atoms with Crippen LogP contribution in [0.15, 0.2) is 47.2 Å². The van der Waals surface area contributed by atoms with Crippen molar-refractivity contribution in [1.29, 1.82) is 0 Å². The van der Waals surface area contributed by atoms with Gasteiger partial charge in [0.05, 0.1) is 5.69 Å². The fourth-order valence-corrected chi connectivity index (χ4v) is 3.12. The first-order valence-corrected chi connectivity index (χ1v) is 8.07. The summed E-state index contributed by atoms with van der Waals surface area (Å²) < 4.78 is 2.87. The molecule has 1 aliphatic rings. The van der Waals surface area contributed by atoms with Crippen molar-refractivity contribution >= 4 is 27.5 Å². The molecule has 21 heavy (non-hydrogen) atoms. The zero-order chi connectivity index (χ0) is 14.7. The Balaban J connectivity index is 1.69. The van der Waals surface area contributed by atoms with Crippen LogP contribution in [0, 0.1) is 0 Å². The van der Waals surface area contributed by atoms with Crippen LogP contribution in [0.3, 0.4) is 0 Å². The van der Waals surface area contributed by atoms with Crippen LogP contribution in [0.4, 0.5) is 5.69 Å². The number of nitrogens with one attached hydrogen (secondary N) is 1. The van der Waals surface area contributed by atoms with Gasteiger partial charge in [-0.2, -0.15) is 4.57 Å². The van der Waals surface area contributed by atoms with E-state index >= 15 is 0 Å². The van der Waals surface area contributed by atoms with Crippen molar-refractivity contribution in [2.75, 3.05) is 5.32 Å². The Morgan fingerprint density at radius 2 is 1.90 bits per heavy atom. The molecule has 0 spiro atoms. The van der Waals surface area contributed by atoms with E-state index in [0.717, 1.165) is 16.6 Å². The molecule has 0 bridgehead atoms. The molecule has 1 amide bonds. The minimum atomic E-state index is -0.0114. The monoisotopic (exact) mass is 345 g/mol. The molecular formula is C17H18BrN2O+. The van der Waals surface area contributed by atoms with Crippen molar-refractivity contribution in [3.8, 4) is 0 Å². The molecular weight excluding hydrogens is 328 g/mol. The van der Waals surface area contributed by atoms with E-state index in [1.54, 1.807) is 0 Å². The Labute approximate surface area is 133 Å². The number of para-hydroxylation sites is 1. The number of fused-ring (bicyclic) bond motifs is 1. The SMILES string of the molecule is O=C(C[n+]1ccc2c(c1)CCCC2)Nc1ccccc1Br. The quantitative estimate of drug-likeness (QED) is 0.851. The van der Waals surface area contributed by atoms with Crippen molar-refractivity contribution in [3.63, 3.8) is 0 Å². The highest BCUT2D eigenvalue weighted by atomic mass is 79.9. The number of aromatic nitrogens is 1. The number of pyridine rings is 1. The van der Waals surface area contributed by atoms with Crippen LogP contribution >= 0.6 is 15.9 Å². The van der Waals surface area contributed by atoms with Gasteiger partial charge in [0, 0.05) is 16.1 Å². The fourth-order valence-electron chi connectivity index (χ4n) is 2.74. The molecule has 2 aromatic rings. The molecule has 0 fully saturated rings. The van der Waals surface area contributed by atoms with Gasteiger partial charge in [-0.1, -0.05) is 12.1 Å². The summed E-state index contributed by atoms with van der Waals surface area (Å²) in [6, 6.07) is 9.80. The summed E-state index contributed by atoms with van der Waals surface area (Å²) in [6.45, 7) is 0.342. The number of amides is 1. The van der Waals surface area contributed by atoms with Gasteiger partial charge in [0.2, 0.25) is 6.54 Å². The summed E-state index contributed by atoms with van der Waals surface area (Å²) in [5, 5.41) is 2.93. The zero-order valence-electron chi connectivity index (χ0n) is 11.8. The van der Waals surface area contributed by atoms with Gasteiger partial charge in [0.25, 0.3) is 5.91 Å². The lowest BCUT2D eigenvalue weighted by Crippen LogP contribution is -2.40. The van der Waals surface area contributed by atoms with E-state index in [2.05, 4.69) is 33.5 Å². The van der Waals surface area contributed by atoms with Crippen molar-refractivity contribution in [3.05, 3.63) is 58.3 Å². The first-order valence-electron chi connectivity index (χ1n) is 7.27. The number of anilines is 1. The predicted molar refractivity (Wildman–Crippen MR) is 86.1 cm³/mol. The van der Waals surface area contributed by atoms with Gasteiger partial charge in [0.15, 0.2) is 12.4 Å². The lowest BCUT2D eigenvalue weighted by Gasteiger charge is -2.13. The molecule has 108 valence electrons. The maximum absolute atomic E-state index is 12.1. The van der Waals surface area contributed by atoms with E-state index in [4.69, 9.17) is 0 Å². The van der Waals surface area contributed by atoms with Crippen LogP contribution in [0.5, 0.6) is 0 Å². The molecule has 1 aromatic heterocycles. The normalized spacial score (nSPS) is 13.6. The molecule has 0 saturated carbocycles. The summed E-state index contributed by atoms with van der Waals surface area (Å²) in [5.74, 6) is -0.0114. The highest BCUT2D eigenvalue weighted by Gasteiger charge is 2.16. The molecule has 4 heteroatoms. The maximum Gasteiger partial charge on any atom is 0.290 e. The summed E-state index contributed by atoms with van der Waals surface area (Å²) in [7, 11) is 0. The summed E-state index contributed by atoms with van der Waals surface area (Å²) >= 11 is 3.44. The van der Waals surface area contributed by atoms with E-state index in [0.29, 0.717) is 6.54 Å². The Morgan fingerprint density at radius 1 is 1.14 bits per heavy atom. The third-order valence-corrected chi connectivity index (χ3v) is 4.51. The number of nitrogens with zero attached hydrogens (tertiary/aromatic N) is 1. The fraction of sp³-hybridized carbons (Fsp3) is 0.294. The maximum atomic E-state index is 12.1. The third-order valence-electron chi connectivity index (χ3n) is 3.82. The zero-order valence-corrected chi connectivity index (χ0v) is 13.4. The van der Waals surface area contributed by atoms with E-state index in [1.165, 1.54) is 30.4 Å². The van der Waals surface area contributed by atoms with Crippen LogP contribution in [0.25, 0.3) is 0 Å². The predicted octanol–water partition coefficient (Wildman–Crippen LogP) is 3.25. The Hall–Kier alpha value is -1.68. The molecule has 1 aromatic carbocycles. The van der Waals surface area contributed by atoms with E-state index in [1.807, 2.05) is 35.0 Å². The van der Waals surface area contributed by atoms with Gasteiger partial charge in [-0.15, -0.1) is 0 Å². The lowest BCUT2D eigenvalue weighted by atomic mass is 9.93. The van der Waals surface area contributed by atoms with Crippen LogP contribution in [-0.2, 0) is 24.2 Å². The van der Waals surface area contributed by atoms with Gasteiger partial charge in [-0.05, 0) is 59.3 Å². The van der Waals surface area contributed by atoms with E-state index in [9.17, 15) is 4.79 Å². The minimum absolute atomic E-state index is 0.0114. The number of aryl methyl sites for hydroxylation is 2. The minimum Gasteiger partial charge on any atom is -0.320 e. The number of hydrogen-bond acceptors (Lipinski definition) is 1. The van der Waals surface area contributed by atoms with Crippen molar-refractivity contribution < 1.29 is 9.36 Å². The molecule has 0 unspecified atom stereocenters. The lowest BCUT2D eigenvalue weighted by molar-refractivity contribution is -0.684. The van der Waals surface area contributed by atoms with Crippen LogP contribution in [0.1, 0.15) is 24.0 Å². The molecule has 0 saturated heterocycles. The van der Waals surface area contributed by atoms with Crippen molar-refractivity contribution in [2.45, 2.75) is 32.2 Å². The molecule has 0 radical (unpaired) electrons. The third kappa shape index (κ3) is 3.50. The van der Waals surface area contributed by atoms with E-state index < -0.39 is 0 Å². The van der Waals surface area contributed by atoms with Crippen molar-refractivity contribution in [2.24, 2.45) is 0 Å². The average Bonchev–Trinajstić information content (AvgIpc) is 2.49. The molecule has 1 heterocycles. The molecule has 1 aliphatic carbocycles. The standard InChI is InChI=1S/C17H17BrN2O/c18-15-7-3-4-8-16(15)19-17(21)12-20-10-9-13-5-1-2-6-14(13)11-20/h3-4,7-11H,1-2,5-6,12H2/p+1. The Morgan fingerprint density at radius 3 is 2.71 bits per heavy atom. The summed E-state index contributed by atoms with van der Waals surface area (Å²) in [5.41, 5.74) is 3.63. The second kappa shape index (κ2) is 6.39. The van der Waals surface area contributed by atoms with Gasteiger partial charge in [0.1, 0.15) is 0 Å². The van der Waals surface area contributed by atoms with Gasteiger partial charge < -0.3 is 5.32 Å². The first-order chi connectivity index (χ1) is 10.2. The van der Waals surface area contributed by atoms with Gasteiger partial charge >= 0.3 is 0 Å². The van der Waals surface area contributed by atoms with Gasteiger partial charge in [-0.25, -0.2) is 0 Å². The number of halogens is 1. The second-order valence-corrected chi connectivity index (χ2v) is 6.26. The smallest absolute Gasteiger partial charge is 0.290 e. The summed E-state index contributed by atoms with van der Waals surface area (Å²) in [4.78, 5) is 12.1. The molecule has 0 atom stereocenters. The molecule has 3 rings (SSSR count). The number of hydrogen-bond donors (Lipinski definition) is 1. The van der Waals surface area contributed by atoms with Gasteiger partial charge in [-0.3, -0.25) is 4.79 Å². The number of carbonyl (C=O) groups is 1. The second-order valence-electron chi connectivity index (χ2n) is 5.40.